The lowest BCUT2D eigenvalue weighted by Gasteiger charge is -2.17. The number of esters is 1. The van der Waals surface area contributed by atoms with Gasteiger partial charge in [-0.05, 0) is 22.4 Å². The zero-order valence-electron chi connectivity index (χ0n) is 11.8. The minimum absolute atomic E-state index is 0.295. The minimum Gasteiger partial charge on any atom is -0.468 e. The van der Waals surface area contributed by atoms with Crippen molar-refractivity contribution in [2.45, 2.75) is 6.04 Å². The maximum atomic E-state index is 11.9. The molecule has 0 amide bonds. The van der Waals surface area contributed by atoms with Crippen LogP contribution in [0.15, 0.2) is 42.5 Å². The molecule has 0 heterocycles. The molecule has 0 aliphatic carbocycles. The molecular weight excluding hydrogens is 254 g/mol. The van der Waals surface area contributed by atoms with Gasteiger partial charge in [-0.2, -0.15) is 0 Å². The van der Waals surface area contributed by atoms with E-state index >= 15 is 0 Å². The Balaban J connectivity index is 2.27. The van der Waals surface area contributed by atoms with E-state index in [2.05, 4.69) is 5.32 Å². The van der Waals surface area contributed by atoms with Crippen molar-refractivity contribution in [3.05, 3.63) is 48.0 Å². The Hall–Kier alpha value is -1.91. The molecule has 106 valence electrons. The van der Waals surface area contributed by atoms with Crippen molar-refractivity contribution < 1.29 is 14.3 Å². The lowest BCUT2D eigenvalue weighted by molar-refractivity contribution is -0.143. The number of nitrogens with one attached hydrogen (secondary N) is 1. The highest BCUT2D eigenvalue weighted by Gasteiger charge is 2.20. The molecule has 1 N–H and O–H groups in total. The molecule has 2 aromatic carbocycles. The summed E-state index contributed by atoms with van der Waals surface area (Å²) < 4.78 is 9.86. The Kier molecular flexibility index (Phi) is 5.09. The largest absolute Gasteiger partial charge is 0.468 e. The molecule has 0 spiro atoms. The predicted molar refractivity (Wildman–Crippen MR) is 78.6 cm³/mol. The van der Waals surface area contributed by atoms with Gasteiger partial charge in [0.1, 0.15) is 6.04 Å². The molecule has 0 radical (unpaired) electrons. The maximum absolute atomic E-state index is 11.9. The van der Waals surface area contributed by atoms with E-state index in [0.717, 1.165) is 16.3 Å². The van der Waals surface area contributed by atoms with Crippen LogP contribution in [0.1, 0.15) is 11.6 Å². The topological polar surface area (TPSA) is 47.6 Å². The highest BCUT2D eigenvalue weighted by atomic mass is 16.5. The lowest BCUT2D eigenvalue weighted by atomic mass is 10.0. The summed E-state index contributed by atoms with van der Waals surface area (Å²) in [7, 11) is 3.03. The Bertz CT molecular complexity index is 583. The molecule has 0 saturated carbocycles. The van der Waals surface area contributed by atoms with Gasteiger partial charge in [-0.15, -0.1) is 0 Å². The molecule has 2 rings (SSSR count). The number of carbonyl (C=O) groups is 1. The average Bonchev–Trinajstić information content (AvgIpc) is 2.50. The second-order valence-electron chi connectivity index (χ2n) is 4.51. The molecule has 4 heteroatoms. The molecular formula is C16H19NO3. The van der Waals surface area contributed by atoms with Crippen LogP contribution in [-0.4, -0.2) is 33.3 Å². The number of fused-ring (bicyclic) bond motifs is 1. The summed E-state index contributed by atoms with van der Waals surface area (Å²) in [6, 6.07) is 13.6. The number of methoxy groups -OCH3 is 2. The van der Waals surface area contributed by atoms with Crippen LogP contribution in [0.4, 0.5) is 0 Å². The van der Waals surface area contributed by atoms with E-state index in [1.54, 1.807) is 7.11 Å². The fourth-order valence-corrected chi connectivity index (χ4v) is 2.15. The number of benzene rings is 2. The number of hydrogen-bond acceptors (Lipinski definition) is 4. The highest BCUT2D eigenvalue weighted by Crippen LogP contribution is 2.21. The van der Waals surface area contributed by atoms with Gasteiger partial charge >= 0.3 is 5.97 Å². The number of carbonyl (C=O) groups excluding carboxylic acids is 1. The molecule has 1 unspecified atom stereocenters. The summed E-state index contributed by atoms with van der Waals surface area (Å²) in [6.07, 6.45) is 0. The van der Waals surface area contributed by atoms with E-state index in [0.29, 0.717) is 13.2 Å². The third kappa shape index (κ3) is 3.35. The fraction of sp³-hybridized carbons (Fsp3) is 0.312. The Morgan fingerprint density at radius 3 is 2.60 bits per heavy atom. The Labute approximate surface area is 118 Å². The third-order valence-corrected chi connectivity index (χ3v) is 3.20. The van der Waals surface area contributed by atoms with E-state index < -0.39 is 6.04 Å². The standard InChI is InChI=1S/C16H19NO3/c1-19-10-9-17-15(16(18)20-2)14-8-7-12-5-3-4-6-13(12)11-14/h3-8,11,15,17H,9-10H2,1-2H3. The van der Waals surface area contributed by atoms with Crippen LogP contribution in [0.5, 0.6) is 0 Å². The smallest absolute Gasteiger partial charge is 0.327 e. The number of hydrogen-bond donors (Lipinski definition) is 1. The SMILES string of the molecule is COCCNC(C(=O)OC)c1ccc2ccccc2c1. The van der Waals surface area contributed by atoms with Gasteiger partial charge in [-0.1, -0.05) is 36.4 Å². The first-order valence-electron chi connectivity index (χ1n) is 6.55. The molecule has 4 nitrogen and oxygen atoms in total. The first kappa shape index (κ1) is 14.5. The van der Waals surface area contributed by atoms with Gasteiger partial charge in [0.05, 0.1) is 13.7 Å². The van der Waals surface area contributed by atoms with Crippen molar-refractivity contribution >= 4 is 16.7 Å². The van der Waals surface area contributed by atoms with Crippen molar-refractivity contribution in [2.75, 3.05) is 27.4 Å². The Morgan fingerprint density at radius 2 is 1.90 bits per heavy atom. The molecule has 0 fully saturated rings. The van der Waals surface area contributed by atoms with Gasteiger partial charge in [-0.3, -0.25) is 5.32 Å². The van der Waals surface area contributed by atoms with Crippen LogP contribution < -0.4 is 5.32 Å². The van der Waals surface area contributed by atoms with Crippen LogP contribution in [0.2, 0.25) is 0 Å². The molecule has 1 atom stereocenters. The van der Waals surface area contributed by atoms with Crippen molar-refractivity contribution in [3.63, 3.8) is 0 Å². The van der Waals surface area contributed by atoms with Gasteiger partial charge in [0.2, 0.25) is 0 Å². The van der Waals surface area contributed by atoms with E-state index in [1.807, 2.05) is 42.5 Å². The molecule has 20 heavy (non-hydrogen) atoms. The molecule has 0 saturated heterocycles. The normalized spacial score (nSPS) is 12.3. The number of rotatable bonds is 6. The van der Waals surface area contributed by atoms with Crippen molar-refractivity contribution in [1.29, 1.82) is 0 Å². The fourth-order valence-electron chi connectivity index (χ4n) is 2.15. The second-order valence-corrected chi connectivity index (χ2v) is 4.51. The first-order chi connectivity index (χ1) is 9.76. The predicted octanol–water partition coefficient (Wildman–Crippen LogP) is 2.29. The van der Waals surface area contributed by atoms with Crippen LogP contribution in [-0.2, 0) is 14.3 Å². The van der Waals surface area contributed by atoms with Crippen LogP contribution in [0.25, 0.3) is 10.8 Å². The van der Waals surface area contributed by atoms with Crippen molar-refractivity contribution in [2.24, 2.45) is 0 Å². The molecule has 0 aromatic heterocycles. The lowest BCUT2D eigenvalue weighted by Crippen LogP contribution is -2.32. The highest BCUT2D eigenvalue weighted by molar-refractivity contribution is 5.85. The first-order valence-corrected chi connectivity index (χ1v) is 6.55. The summed E-state index contributed by atoms with van der Waals surface area (Å²) in [6.45, 7) is 1.13. The molecule has 0 aliphatic rings. The van der Waals surface area contributed by atoms with Gasteiger partial charge < -0.3 is 9.47 Å². The Morgan fingerprint density at radius 1 is 1.15 bits per heavy atom. The quantitative estimate of drug-likeness (QED) is 0.648. The van der Waals surface area contributed by atoms with Gasteiger partial charge in [0.15, 0.2) is 0 Å². The second kappa shape index (κ2) is 7.03. The molecule has 0 bridgehead atoms. The van der Waals surface area contributed by atoms with E-state index in [9.17, 15) is 4.79 Å². The van der Waals surface area contributed by atoms with E-state index in [-0.39, 0.29) is 5.97 Å². The van der Waals surface area contributed by atoms with E-state index in [4.69, 9.17) is 9.47 Å². The summed E-state index contributed by atoms with van der Waals surface area (Å²) in [5, 5.41) is 5.41. The van der Waals surface area contributed by atoms with Crippen molar-refractivity contribution in [3.8, 4) is 0 Å². The minimum atomic E-state index is -0.472. The van der Waals surface area contributed by atoms with Crippen LogP contribution >= 0.6 is 0 Å². The van der Waals surface area contributed by atoms with Crippen molar-refractivity contribution in [1.82, 2.24) is 5.32 Å². The summed E-state index contributed by atoms with van der Waals surface area (Å²) in [5.74, 6) is -0.295. The van der Waals surface area contributed by atoms with Gasteiger partial charge in [-0.25, -0.2) is 4.79 Å². The summed E-state index contributed by atoms with van der Waals surface area (Å²) in [4.78, 5) is 11.9. The number of ether oxygens (including phenoxy) is 2. The molecule has 0 aliphatic heterocycles. The van der Waals surface area contributed by atoms with Gasteiger partial charge in [0, 0.05) is 13.7 Å². The van der Waals surface area contributed by atoms with Gasteiger partial charge in [0.25, 0.3) is 0 Å². The van der Waals surface area contributed by atoms with E-state index in [1.165, 1.54) is 7.11 Å². The molecule has 2 aromatic rings. The van der Waals surface area contributed by atoms with Crippen LogP contribution in [0.3, 0.4) is 0 Å². The summed E-state index contributed by atoms with van der Waals surface area (Å²) in [5.41, 5.74) is 0.895. The average molecular weight is 273 g/mol. The monoisotopic (exact) mass is 273 g/mol. The maximum Gasteiger partial charge on any atom is 0.327 e. The summed E-state index contributed by atoms with van der Waals surface area (Å²) >= 11 is 0. The zero-order valence-corrected chi connectivity index (χ0v) is 11.8. The van der Waals surface area contributed by atoms with Crippen LogP contribution in [0, 0.1) is 0 Å². The zero-order chi connectivity index (χ0) is 14.4. The third-order valence-electron chi connectivity index (χ3n) is 3.20.